The fourth-order valence-corrected chi connectivity index (χ4v) is 0.891. The number of nitrogens with zero attached hydrogens (tertiary/aromatic N) is 2. The van der Waals surface area contributed by atoms with Crippen molar-refractivity contribution in [3.8, 4) is 0 Å². The summed E-state index contributed by atoms with van der Waals surface area (Å²) in [7, 11) is 0. The van der Waals surface area contributed by atoms with Crippen molar-refractivity contribution in [2.24, 2.45) is 16.6 Å². The van der Waals surface area contributed by atoms with Gasteiger partial charge in [-0.3, -0.25) is 5.41 Å². The molecule has 0 rings (SSSR count). The third-order valence-corrected chi connectivity index (χ3v) is 1.38. The van der Waals surface area contributed by atoms with Gasteiger partial charge in [0.05, 0.1) is 0 Å². The van der Waals surface area contributed by atoms with Crippen molar-refractivity contribution in [2.75, 3.05) is 6.54 Å². The molecule has 0 aliphatic rings. The molecule has 6 heteroatoms. The summed E-state index contributed by atoms with van der Waals surface area (Å²) < 4.78 is 0. The molecule has 0 aliphatic heterocycles. The minimum absolute atomic E-state index is 0.0969. The molecule has 0 aromatic rings. The lowest BCUT2D eigenvalue weighted by Gasteiger charge is -2.17. The van der Waals surface area contributed by atoms with Crippen LogP contribution in [0.1, 0.15) is 27.2 Å². The normalized spacial score (nSPS) is 11.6. The minimum Gasteiger partial charge on any atom is -0.369 e. The first kappa shape index (κ1) is 12.5. The summed E-state index contributed by atoms with van der Waals surface area (Å²) >= 11 is 0. The first-order valence-electron chi connectivity index (χ1n) is 4.69. The predicted molar refractivity (Wildman–Crippen MR) is 58.8 cm³/mol. The standard InChI is InChI=1S/C8H20N6/c1-4-5-14(7(9)10)13-8(11)12-6(2)3/h6H,4-5H2,1-3H3,(H3,9,10)(H3,11,12,13). The van der Waals surface area contributed by atoms with Crippen molar-refractivity contribution < 1.29 is 0 Å². The SMILES string of the molecule is CCCN(N=C(N)NC(C)C)C(=N)N. The van der Waals surface area contributed by atoms with E-state index in [1.165, 1.54) is 5.01 Å². The van der Waals surface area contributed by atoms with E-state index in [0.717, 1.165) is 6.42 Å². The molecule has 0 bridgehead atoms. The Morgan fingerprint density at radius 2 is 2.07 bits per heavy atom. The number of hydrogen-bond acceptors (Lipinski definition) is 2. The van der Waals surface area contributed by atoms with Gasteiger partial charge in [-0.05, 0) is 20.3 Å². The summed E-state index contributed by atoms with van der Waals surface area (Å²) in [5, 5.41) is 15.5. The van der Waals surface area contributed by atoms with Crippen LogP contribution in [0.3, 0.4) is 0 Å². The smallest absolute Gasteiger partial charge is 0.212 e. The molecule has 0 unspecified atom stereocenters. The number of rotatable bonds is 4. The summed E-state index contributed by atoms with van der Waals surface area (Å²) in [5.74, 6) is 0.184. The lowest BCUT2D eigenvalue weighted by Crippen LogP contribution is -2.41. The van der Waals surface area contributed by atoms with Gasteiger partial charge in [0.1, 0.15) is 0 Å². The molecular formula is C8H20N6. The van der Waals surface area contributed by atoms with Crippen molar-refractivity contribution in [2.45, 2.75) is 33.2 Å². The minimum atomic E-state index is -0.0969. The average Bonchev–Trinajstić information content (AvgIpc) is 2.01. The van der Waals surface area contributed by atoms with E-state index in [1.807, 2.05) is 20.8 Å². The topological polar surface area (TPSA) is 104 Å². The molecule has 0 spiro atoms. The second kappa shape index (κ2) is 6.06. The second-order valence-electron chi connectivity index (χ2n) is 3.29. The maximum absolute atomic E-state index is 7.24. The molecule has 82 valence electrons. The highest BCUT2D eigenvalue weighted by molar-refractivity contribution is 5.81. The molecule has 0 saturated heterocycles. The molecule has 0 radical (unpaired) electrons. The lowest BCUT2D eigenvalue weighted by atomic mass is 10.4. The Hall–Kier alpha value is -1.46. The van der Waals surface area contributed by atoms with Gasteiger partial charge in [-0.25, -0.2) is 5.01 Å². The van der Waals surface area contributed by atoms with Crippen molar-refractivity contribution in [1.29, 1.82) is 5.41 Å². The van der Waals surface area contributed by atoms with E-state index in [9.17, 15) is 0 Å². The van der Waals surface area contributed by atoms with Gasteiger partial charge in [0.15, 0.2) is 0 Å². The highest BCUT2D eigenvalue weighted by Gasteiger charge is 2.04. The number of hydrogen-bond donors (Lipinski definition) is 4. The van der Waals surface area contributed by atoms with Crippen LogP contribution in [0.25, 0.3) is 0 Å². The molecule has 14 heavy (non-hydrogen) atoms. The number of nitrogens with two attached hydrogens (primary N) is 2. The van der Waals surface area contributed by atoms with Crippen LogP contribution in [0.4, 0.5) is 0 Å². The zero-order valence-corrected chi connectivity index (χ0v) is 9.04. The largest absolute Gasteiger partial charge is 0.369 e. The number of hydrazone groups is 1. The van der Waals surface area contributed by atoms with Crippen molar-refractivity contribution >= 4 is 11.9 Å². The van der Waals surface area contributed by atoms with Crippen LogP contribution in [0.15, 0.2) is 5.10 Å². The van der Waals surface area contributed by atoms with Crippen molar-refractivity contribution in [1.82, 2.24) is 10.3 Å². The van der Waals surface area contributed by atoms with Gasteiger partial charge in [-0.1, -0.05) is 6.92 Å². The lowest BCUT2D eigenvalue weighted by molar-refractivity contribution is 0.431. The Morgan fingerprint density at radius 1 is 1.50 bits per heavy atom. The van der Waals surface area contributed by atoms with E-state index in [0.29, 0.717) is 6.54 Å². The zero-order chi connectivity index (χ0) is 11.1. The third-order valence-electron chi connectivity index (χ3n) is 1.38. The predicted octanol–water partition coefficient (Wildman–Crippen LogP) is -0.180. The first-order valence-corrected chi connectivity index (χ1v) is 4.69. The molecule has 0 aromatic heterocycles. The zero-order valence-electron chi connectivity index (χ0n) is 9.04. The van der Waals surface area contributed by atoms with Crippen molar-refractivity contribution in [3.63, 3.8) is 0 Å². The summed E-state index contributed by atoms with van der Waals surface area (Å²) in [6, 6.07) is 0.217. The maximum Gasteiger partial charge on any atom is 0.212 e. The van der Waals surface area contributed by atoms with Gasteiger partial charge < -0.3 is 16.8 Å². The number of nitrogens with one attached hydrogen (secondary N) is 2. The fourth-order valence-electron chi connectivity index (χ4n) is 0.891. The third kappa shape index (κ3) is 5.23. The molecule has 6 N–H and O–H groups in total. The van der Waals surface area contributed by atoms with Gasteiger partial charge >= 0.3 is 0 Å². The molecule has 0 aliphatic carbocycles. The van der Waals surface area contributed by atoms with E-state index >= 15 is 0 Å². The Bertz CT molecular complexity index is 210. The number of guanidine groups is 2. The summed E-state index contributed by atoms with van der Waals surface area (Å²) in [6.45, 7) is 6.49. The second-order valence-corrected chi connectivity index (χ2v) is 3.29. The van der Waals surface area contributed by atoms with Crippen LogP contribution in [0.2, 0.25) is 0 Å². The highest BCUT2D eigenvalue weighted by Crippen LogP contribution is 1.90. The molecule has 0 atom stereocenters. The van der Waals surface area contributed by atoms with Gasteiger partial charge in [0.25, 0.3) is 0 Å². The Labute approximate surface area is 84.8 Å². The molecule has 0 fully saturated rings. The average molecular weight is 200 g/mol. The highest BCUT2D eigenvalue weighted by atomic mass is 15.5. The van der Waals surface area contributed by atoms with Crippen LogP contribution in [-0.2, 0) is 0 Å². The van der Waals surface area contributed by atoms with Crippen LogP contribution in [0, 0.1) is 5.41 Å². The van der Waals surface area contributed by atoms with E-state index in [2.05, 4.69) is 10.4 Å². The monoisotopic (exact) mass is 200 g/mol. The molecule has 0 heterocycles. The van der Waals surface area contributed by atoms with E-state index < -0.39 is 0 Å². The fraction of sp³-hybridized carbons (Fsp3) is 0.750. The Morgan fingerprint density at radius 3 is 2.43 bits per heavy atom. The van der Waals surface area contributed by atoms with E-state index in [1.54, 1.807) is 0 Å². The maximum atomic E-state index is 7.24. The summed E-state index contributed by atoms with van der Waals surface area (Å²) in [5.41, 5.74) is 10.9. The van der Waals surface area contributed by atoms with E-state index in [4.69, 9.17) is 16.9 Å². The summed E-state index contributed by atoms with van der Waals surface area (Å²) in [6.07, 6.45) is 0.859. The van der Waals surface area contributed by atoms with Gasteiger partial charge in [-0.15, -0.1) is 5.10 Å². The molecule has 0 saturated carbocycles. The van der Waals surface area contributed by atoms with Crippen LogP contribution >= 0.6 is 0 Å². The van der Waals surface area contributed by atoms with Crippen LogP contribution in [0.5, 0.6) is 0 Å². The molecule has 0 amide bonds. The Balaban J connectivity index is 4.31. The summed E-state index contributed by atoms with van der Waals surface area (Å²) in [4.78, 5) is 0. The van der Waals surface area contributed by atoms with Gasteiger partial charge in [-0.2, -0.15) is 0 Å². The first-order chi connectivity index (χ1) is 6.47. The Kier molecular flexibility index (Phi) is 5.43. The molecular weight excluding hydrogens is 180 g/mol. The van der Waals surface area contributed by atoms with Crippen LogP contribution in [-0.4, -0.2) is 29.5 Å². The van der Waals surface area contributed by atoms with Gasteiger partial charge in [0, 0.05) is 12.6 Å². The van der Waals surface area contributed by atoms with E-state index in [-0.39, 0.29) is 18.0 Å². The molecule has 0 aromatic carbocycles. The van der Waals surface area contributed by atoms with Crippen molar-refractivity contribution in [3.05, 3.63) is 0 Å². The molecule has 6 nitrogen and oxygen atoms in total. The van der Waals surface area contributed by atoms with Gasteiger partial charge in [0.2, 0.25) is 11.9 Å². The quantitative estimate of drug-likeness (QED) is 0.287. The van der Waals surface area contributed by atoms with Crippen LogP contribution < -0.4 is 16.8 Å².